The Kier molecular flexibility index (Phi) is 8.00. The molecule has 1 fully saturated rings. The van der Waals surface area contributed by atoms with E-state index in [0.717, 1.165) is 22.9 Å². The summed E-state index contributed by atoms with van der Waals surface area (Å²) in [5.74, 6) is 1.35. The maximum atomic E-state index is 13.0. The fraction of sp³-hybridized carbons (Fsp3) is 0.185. The van der Waals surface area contributed by atoms with Gasteiger partial charge in [0.15, 0.2) is 11.5 Å². The minimum atomic E-state index is -0.362. The molecule has 8 heteroatoms. The van der Waals surface area contributed by atoms with Gasteiger partial charge in [-0.3, -0.25) is 14.5 Å². The Morgan fingerprint density at radius 3 is 2.51 bits per heavy atom. The number of carbonyl (C=O) groups excluding carboxylic acids is 2. The molecule has 2 amide bonds. The summed E-state index contributed by atoms with van der Waals surface area (Å²) in [4.78, 5) is 27.0. The number of hydrogen-bond donors (Lipinski definition) is 0. The third-order valence-corrected chi connectivity index (χ3v) is 6.42. The normalized spacial score (nSPS) is 14.5. The molecule has 4 rings (SSSR count). The maximum absolute atomic E-state index is 13.0. The van der Waals surface area contributed by atoms with E-state index in [9.17, 15) is 9.59 Å². The molecule has 0 aromatic heterocycles. The van der Waals surface area contributed by atoms with Gasteiger partial charge in [0.1, 0.15) is 19.0 Å². The molecule has 0 bridgehead atoms. The summed E-state index contributed by atoms with van der Waals surface area (Å²) in [6, 6.07) is 20.4. The molecule has 0 saturated carbocycles. The predicted octanol–water partition coefficient (Wildman–Crippen LogP) is 6.35. The zero-order valence-corrected chi connectivity index (χ0v) is 20.9. The average Bonchev–Trinajstić information content (AvgIpc) is 3.11. The van der Waals surface area contributed by atoms with E-state index in [4.69, 9.17) is 25.8 Å². The minimum Gasteiger partial charge on any atom is -0.493 e. The van der Waals surface area contributed by atoms with Crippen molar-refractivity contribution in [2.24, 2.45) is 0 Å². The molecule has 3 aromatic rings. The number of halogens is 1. The summed E-state index contributed by atoms with van der Waals surface area (Å²) < 4.78 is 17.2. The Labute approximate surface area is 213 Å². The number of para-hydroxylation sites is 1. The highest BCUT2D eigenvalue weighted by Gasteiger charge is 2.35. The number of nitrogens with zero attached hydrogens (tertiary/aromatic N) is 1. The smallest absolute Gasteiger partial charge is 0.293 e. The van der Waals surface area contributed by atoms with Crippen LogP contribution in [0, 0.1) is 6.92 Å². The van der Waals surface area contributed by atoms with Crippen molar-refractivity contribution in [3.8, 4) is 17.2 Å². The molecule has 0 N–H and O–H groups in total. The monoisotopic (exact) mass is 509 g/mol. The van der Waals surface area contributed by atoms with E-state index < -0.39 is 0 Å². The van der Waals surface area contributed by atoms with E-state index in [0.29, 0.717) is 32.7 Å². The van der Waals surface area contributed by atoms with Crippen molar-refractivity contribution in [2.45, 2.75) is 13.5 Å². The van der Waals surface area contributed by atoms with Crippen LogP contribution in [0.5, 0.6) is 17.2 Å². The lowest BCUT2D eigenvalue weighted by Crippen LogP contribution is -2.32. The van der Waals surface area contributed by atoms with Crippen LogP contribution in [0.3, 0.4) is 0 Å². The van der Waals surface area contributed by atoms with Crippen LogP contribution in [0.15, 0.2) is 71.6 Å². The van der Waals surface area contributed by atoms with Gasteiger partial charge >= 0.3 is 0 Å². The number of ether oxygens (including phenoxy) is 3. The first-order valence-electron chi connectivity index (χ1n) is 10.9. The van der Waals surface area contributed by atoms with Gasteiger partial charge in [0, 0.05) is 10.6 Å². The van der Waals surface area contributed by atoms with Crippen molar-refractivity contribution in [2.75, 3.05) is 20.3 Å². The topological polar surface area (TPSA) is 65.1 Å². The molecule has 0 radical (unpaired) electrons. The molecule has 6 nitrogen and oxygen atoms in total. The molecule has 1 aliphatic heterocycles. The molecule has 0 unspecified atom stereocenters. The van der Waals surface area contributed by atoms with Gasteiger partial charge in [0.25, 0.3) is 11.1 Å². The van der Waals surface area contributed by atoms with Crippen molar-refractivity contribution in [1.29, 1.82) is 0 Å². The molecule has 180 valence electrons. The number of rotatable bonds is 9. The highest BCUT2D eigenvalue weighted by molar-refractivity contribution is 8.18. The number of aryl methyl sites for hydroxylation is 1. The SMILES string of the molecule is COc1cccc(/C=C2\SC(=O)N(CCOc3cccc(C)c3)C2=O)c1OCc1ccc(Cl)cc1. The zero-order valence-electron chi connectivity index (χ0n) is 19.3. The number of imide groups is 1. The number of thioether (sulfide) groups is 1. The third kappa shape index (κ3) is 6.18. The molecule has 0 aliphatic carbocycles. The molecule has 35 heavy (non-hydrogen) atoms. The van der Waals surface area contributed by atoms with Crippen molar-refractivity contribution < 1.29 is 23.8 Å². The molecule has 0 atom stereocenters. The summed E-state index contributed by atoms with van der Waals surface area (Å²) in [6.07, 6.45) is 1.66. The van der Waals surface area contributed by atoms with E-state index in [2.05, 4.69) is 0 Å². The van der Waals surface area contributed by atoms with Crippen molar-refractivity contribution in [3.05, 3.63) is 93.3 Å². The molecule has 1 aliphatic rings. The van der Waals surface area contributed by atoms with Crippen LogP contribution in [0.2, 0.25) is 5.02 Å². The molecule has 0 spiro atoms. The third-order valence-electron chi connectivity index (χ3n) is 5.26. The summed E-state index contributed by atoms with van der Waals surface area (Å²) >= 11 is 6.86. The highest BCUT2D eigenvalue weighted by atomic mass is 35.5. The average molecular weight is 510 g/mol. The van der Waals surface area contributed by atoms with Gasteiger partial charge in [-0.2, -0.15) is 0 Å². The van der Waals surface area contributed by atoms with Gasteiger partial charge in [-0.05, 0) is 66.2 Å². The van der Waals surface area contributed by atoms with Crippen molar-refractivity contribution >= 4 is 40.6 Å². The first kappa shape index (κ1) is 24.7. The lowest BCUT2D eigenvalue weighted by molar-refractivity contribution is -0.123. The largest absolute Gasteiger partial charge is 0.493 e. The predicted molar refractivity (Wildman–Crippen MR) is 138 cm³/mol. The Morgan fingerprint density at radius 1 is 1.00 bits per heavy atom. The highest BCUT2D eigenvalue weighted by Crippen LogP contribution is 2.37. The minimum absolute atomic E-state index is 0.161. The van der Waals surface area contributed by atoms with Crippen LogP contribution in [0.1, 0.15) is 16.7 Å². The quantitative estimate of drug-likeness (QED) is 0.313. The van der Waals surface area contributed by atoms with Crippen molar-refractivity contribution in [1.82, 2.24) is 4.90 Å². The summed E-state index contributed by atoms with van der Waals surface area (Å²) in [5.41, 5.74) is 2.64. The number of hydrogen-bond acceptors (Lipinski definition) is 6. The number of methoxy groups -OCH3 is 1. The van der Waals surface area contributed by atoms with Crippen LogP contribution in [-0.2, 0) is 11.4 Å². The zero-order chi connectivity index (χ0) is 24.8. The van der Waals surface area contributed by atoms with Crippen molar-refractivity contribution in [3.63, 3.8) is 0 Å². The second kappa shape index (κ2) is 11.3. The first-order chi connectivity index (χ1) is 16.9. The Balaban J connectivity index is 1.47. The van der Waals surface area contributed by atoms with Gasteiger partial charge < -0.3 is 14.2 Å². The number of carbonyl (C=O) groups is 2. The van der Waals surface area contributed by atoms with Crippen LogP contribution in [-0.4, -0.2) is 36.3 Å². The Hall–Kier alpha value is -3.42. The Morgan fingerprint density at radius 2 is 1.77 bits per heavy atom. The maximum Gasteiger partial charge on any atom is 0.293 e. The lowest BCUT2D eigenvalue weighted by atomic mass is 10.1. The summed E-state index contributed by atoms with van der Waals surface area (Å²) in [5, 5.41) is 0.312. The van der Waals surface area contributed by atoms with Gasteiger partial charge in [-0.1, -0.05) is 48.0 Å². The molecular formula is C27H24ClNO5S. The van der Waals surface area contributed by atoms with E-state index in [1.165, 1.54) is 4.90 Å². The summed E-state index contributed by atoms with van der Waals surface area (Å²) in [6.45, 7) is 2.63. The number of benzene rings is 3. The van der Waals surface area contributed by atoms with Gasteiger partial charge in [0.2, 0.25) is 0 Å². The molecule has 1 saturated heterocycles. The van der Waals surface area contributed by atoms with E-state index >= 15 is 0 Å². The summed E-state index contributed by atoms with van der Waals surface area (Å²) in [7, 11) is 1.55. The van der Waals surface area contributed by atoms with E-state index in [-0.39, 0.29) is 30.9 Å². The van der Waals surface area contributed by atoms with Gasteiger partial charge in [0.05, 0.1) is 18.6 Å². The molecular weight excluding hydrogens is 486 g/mol. The first-order valence-corrected chi connectivity index (χ1v) is 12.1. The fourth-order valence-electron chi connectivity index (χ4n) is 3.49. The van der Waals surface area contributed by atoms with E-state index in [1.54, 1.807) is 37.5 Å². The number of amides is 2. The second-order valence-corrected chi connectivity index (χ2v) is 9.22. The van der Waals surface area contributed by atoms with Crippen LogP contribution >= 0.6 is 23.4 Å². The van der Waals surface area contributed by atoms with Crippen LogP contribution in [0.4, 0.5) is 4.79 Å². The molecule has 1 heterocycles. The van der Waals surface area contributed by atoms with Crippen LogP contribution in [0.25, 0.3) is 6.08 Å². The van der Waals surface area contributed by atoms with Crippen LogP contribution < -0.4 is 14.2 Å². The van der Waals surface area contributed by atoms with Gasteiger partial charge in [-0.25, -0.2) is 0 Å². The second-order valence-electron chi connectivity index (χ2n) is 7.79. The fourth-order valence-corrected chi connectivity index (χ4v) is 4.47. The lowest BCUT2D eigenvalue weighted by Gasteiger charge is -2.14. The standard InChI is InChI=1S/C27H24ClNO5S/c1-18-5-3-7-22(15-18)33-14-13-29-26(30)24(35-27(29)31)16-20-6-4-8-23(32-2)25(20)34-17-19-9-11-21(28)12-10-19/h3-12,15-16H,13-14,17H2,1-2H3/b24-16-. The van der Waals surface area contributed by atoms with E-state index in [1.807, 2.05) is 49.4 Å². The molecule has 3 aromatic carbocycles. The Bertz CT molecular complexity index is 1260. The van der Waals surface area contributed by atoms with Gasteiger partial charge in [-0.15, -0.1) is 0 Å².